The molecule has 4 rings (SSSR count). The van der Waals surface area contributed by atoms with Gasteiger partial charge in [0.25, 0.3) is 15.9 Å². The highest BCUT2D eigenvalue weighted by Crippen LogP contribution is 2.38. The molecule has 2 aliphatic heterocycles. The molecular formula is C19H17FN2O6S. The third-order valence-electron chi connectivity index (χ3n) is 4.88. The van der Waals surface area contributed by atoms with Crippen molar-refractivity contribution in [1.29, 1.82) is 0 Å². The van der Waals surface area contributed by atoms with Gasteiger partial charge in [-0.1, -0.05) is 12.1 Å². The number of para-hydroxylation sites is 1. The maximum absolute atomic E-state index is 14.5. The molecule has 0 unspecified atom stereocenters. The number of carbonyl (C=O) groups is 2. The van der Waals surface area contributed by atoms with Gasteiger partial charge in [0.15, 0.2) is 6.61 Å². The number of benzene rings is 2. The summed E-state index contributed by atoms with van der Waals surface area (Å²) in [5, 5.41) is 9.08. The van der Waals surface area contributed by atoms with Crippen LogP contribution < -0.4 is 13.9 Å². The molecule has 0 aliphatic carbocycles. The predicted molar refractivity (Wildman–Crippen MR) is 101 cm³/mol. The summed E-state index contributed by atoms with van der Waals surface area (Å²) in [5.41, 5.74) is 0.672. The molecule has 0 radical (unpaired) electrons. The first kappa shape index (κ1) is 19.2. The number of aliphatic carboxylic acids is 1. The van der Waals surface area contributed by atoms with Crippen molar-refractivity contribution in [1.82, 2.24) is 0 Å². The Kier molecular flexibility index (Phi) is 4.65. The van der Waals surface area contributed by atoms with Crippen LogP contribution in [0.15, 0.2) is 41.3 Å². The van der Waals surface area contributed by atoms with Crippen molar-refractivity contribution in [2.75, 3.05) is 28.9 Å². The van der Waals surface area contributed by atoms with Crippen molar-refractivity contribution in [2.45, 2.75) is 17.7 Å². The molecule has 1 N–H and O–H groups in total. The van der Waals surface area contributed by atoms with Crippen molar-refractivity contribution >= 4 is 33.3 Å². The van der Waals surface area contributed by atoms with Crippen LogP contribution >= 0.6 is 0 Å². The second-order valence-corrected chi connectivity index (χ2v) is 8.58. The van der Waals surface area contributed by atoms with Gasteiger partial charge in [-0.15, -0.1) is 0 Å². The molecule has 2 heterocycles. The lowest BCUT2D eigenvalue weighted by molar-refractivity contribution is -0.137. The Balaban J connectivity index is 1.80. The van der Waals surface area contributed by atoms with Crippen molar-refractivity contribution in [3.05, 3.63) is 47.8 Å². The number of nitrogens with zero attached hydrogens (tertiary/aromatic N) is 2. The van der Waals surface area contributed by atoms with E-state index in [2.05, 4.69) is 0 Å². The number of carbonyl (C=O) groups excluding carboxylic acids is 1. The van der Waals surface area contributed by atoms with Crippen LogP contribution in [0, 0.1) is 5.82 Å². The van der Waals surface area contributed by atoms with E-state index in [0.717, 1.165) is 9.21 Å². The second-order valence-electron chi connectivity index (χ2n) is 6.72. The number of rotatable bonds is 4. The van der Waals surface area contributed by atoms with Gasteiger partial charge < -0.3 is 9.84 Å². The van der Waals surface area contributed by atoms with Crippen molar-refractivity contribution in [3.63, 3.8) is 0 Å². The van der Waals surface area contributed by atoms with Crippen LogP contribution in [0.3, 0.4) is 0 Å². The summed E-state index contributed by atoms with van der Waals surface area (Å²) in [5.74, 6) is -2.26. The molecular weight excluding hydrogens is 403 g/mol. The number of amides is 1. The van der Waals surface area contributed by atoms with E-state index in [0.29, 0.717) is 18.4 Å². The summed E-state index contributed by atoms with van der Waals surface area (Å²) >= 11 is 0. The second kappa shape index (κ2) is 7.03. The van der Waals surface area contributed by atoms with E-state index >= 15 is 0 Å². The Morgan fingerprint density at radius 1 is 1.24 bits per heavy atom. The van der Waals surface area contributed by atoms with Gasteiger partial charge in [0.05, 0.1) is 16.3 Å². The monoisotopic (exact) mass is 420 g/mol. The normalized spacial score (nSPS) is 16.1. The van der Waals surface area contributed by atoms with Crippen LogP contribution in [0.4, 0.5) is 15.8 Å². The number of hydrogen-bond acceptors (Lipinski definition) is 5. The van der Waals surface area contributed by atoms with E-state index in [1.54, 1.807) is 6.07 Å². The largest absolute Gasteiger partial charge is 0.482 e. The number of fused-ring (bicyclic) bond motifs is 2. The minimum atomic E-state index is -4.15. The van der Waals surface area contributed by atoms with Crippen molar-refractivity contribution in [2.24, 2.45) is 0 Å². The molecule has 0 saturated heterocycles. The third-order valence-corrected chi connectivity index (χ3v) is 6.68. The van der Waals surface area contributed by atoms with E-state index in [9.17, 15) is 22.4 Å². The smallest absolute Gasteiger partial charge is 0.323 e. The molecule has 10 heteroatoms. The first-order valence-corrected chi connectivity index (χ1v) is 10.3. The standard InChI is InChI=1S/C19H17FN2O6S/c20-14-5-1-3-12-4-2-8-22(19(12)14)29(26,27)13-6-7-16-15(9-13)21(10-18(24)25)17(23)11-28-16/h1,3,5-7,9H,2,4,8,10-11H2,(H,24,25). The summed E-state index contributed by atoms with van der Waals surface area (Å²) in [6.07, 6.45) is 1.10. The first-order valence-electron chi connectivity index (χ1n) is 8.88. The Morgan fingerprint density at radius 3 is 2.79 bits per heavy atom. The average Bonchev–Trinajstić information content (AvgIpc) is 2.69. The summed E-state index contributed by atoms with van der Waals surface area (Å²) in [4.78, 5) is 24.0. The zero-order valence-electron chi connectivity index (χ0n) is 15.2. The lowest BCUT2D eigenvalue weighted by Crippen LogP contribution is -2.42. The van der Waals surface area contributed by atoms with Crippen LogP contribution in [0.5, 0.6) is 5.75 Å². The number of hydrogen-bond donors (Lipinski definition) is 1. The van der Waals surface area contributed by atoms with Gasteiger partial charge in [-0.3, -0.25) is 18.8 Å². The molecule has 0 saturated carbocycles. The highest BCUT2D eigenvalue weighted by molar-refractivity contribution is 7.92. The van der Waals surface area contributed by atoms with Gasteiger partial charge in [0.2, 0.25) is 0 Å². The summed E-state index contributed by atoms with van der Waals surface area (Å²) in [6, 6.07) is 8.30. The zero-order valence-corrected chi connectivity index (χ0v) is 16.0. The summed E-state index contributed by atoms with van der Waals surface area (Å²) in [7, 11) is -4.15. The predicted octanol–water partition coefficient (Wildman–Crippen LogP) is 1.78. The Bertz CT molecular complexity index is 1120. The number of aryl methyl sites for hydroxylation is 1. The Morgan fingerprint density at radius 2 is 2.03 bits per heavy atom. The Labute approximate surface area is 166 Å². The van der Waals surface area contributed by atoms with Gasteiger partial charge >= 0.3 is 5.97 Å². The fourth-order valence-electron chi connectivity index (χ4n) is 3.58. The molecule has 0 atom stereocenters. The van der Waals surface area contributed by atoms with Gasteiger partial charge in [-0.2, -0.15) is 0 Å². The highest BCUT2D eigenvalue weighted by Gasteiger charge is 2.34. The minimum Gasteiger partial charge on any atom is -0.482 e. The molecule has 1 amide bonds. The lowest BCUT2D eigenvalue weighted by atomic mass is 10.0. The van der Waals surface area contributed by atoms with E-state index < -0.39 is 34.3 Å². The maximum atomic E-state index is 14.5. The van der Waals surface area contributed by atoms with Crippen LogP contribution in [0.2, 0.25) is 0 Å². The molecule has 0 bridgehead atoms. The third kappa shape index (κ3) is 3.29. The number of anilines is 2. The van der Waals surface area contributed by atoms with E-state index in [4.69, 9.17) is 9.84 Å². The van der Waals surface area contributed by atoms with Crippen molar-refractivity contribution in [3.8, 4) is 5.75 Å². The summed E-state index contributed by atoms with van der Waals surface area (Å²) in [6.45, 7) is -0.849. The average molecular weight is 420 g/mol. The number of sulfonamides is 1. The van der Waals surface area contributed by atoms with Gasteiger partial charge in [0, 0.05) is 6.54 Å². The molecule has 8 nitrogen and oxygen atoms in total. The molecule has 2 aliphatic rings. The SMILES string of the molecule is O=C(O)CN1C(=O)COc2ccc(S(=O)(=O)N3CCCc4cccc(F)c43)cc21. The van der Waals surface area contributed by atoms with Crippen molar-refractivity contribution < 1.29 is 32.2 Å². The number of carboxylic acid groups (broad SMARTS) is 1. The molecule has 0 fully saturated rings. The number of ether oxygens (including phenoxy) is 1. The number of halogens is 1. The fourth-order valence-corrected chi connectivity index (χ4v) is 5.15. The molecule has 2 aromatic rings. The minimum absolute atomic E-state index is 0.0196. The highest BCUT2D eigenvalue weighted by atomic mass is 32.2. The topological polar surface area (TPSA) is 104 Å². The molecule has 2 aromatic carbocycles. The van der Waals surface area contributed by atoms with Gasteiger partial charge in [-0.05, 0) is 42.7 Å². The van der Waals surface area contributed by atoms with Crippen LogP contribution in [0.1, 0.15) is 12.0 Å². The van der Waals surface area contributed by atoms with E-state index in [1.165, 1.54) is 30.3 Å². The molecule has 152 valence electrons. The summed E-state index contributed by atoms with van der Waals surface area (Å²) < 4.78 is 47.4. The quantitative estimate of drug-likeness (QED) is 0.809. The Hall–Kier alpha value is -3.14. The zero-order chi connectivity index (χ0) is 20.8. The lowest BCUT2D eigenvalue weighted by Gasteiger charge is -2.32. The number of carboxylic acids is 1. The maximum Gasteiger partial charge on any atom is 0.323 e. The molecule has 0 aromatic heterocycles. The fraction of sp³-hybridized carbons (Fsp3) is 0.263. The van der Waals surface area contributed by atoms with Gasteiger partial charge in [-0.25, -0.2) is 12.8 Å². The first-order chi connectivity index (χ1) is 13.8. The van der Waals surface area contributed by atoms with Crippen LogP contribution in [-0.2, 0) is 26.0 Å². The van der Waals surface area contributed by atoms with Gasteiger partial charge in [0.1, 0.15) is 18.1 Å². The van der Waals surface area contributed by atoms with Crippen LogP contribution in [-0.4, -0.2) is 45.1 Å². The molecule has 29 heavy (non-hydrogen) atoms. The van der Waals surface area contributed by atoms with Crippen LogP contribution in [0.25, 0.3) is 0 Å². The molecule has 0 spiro atoms. The van der Waals surface area contributed by atoms with E-state index in [-0.39, 0.29) is 35.2 Å². The van der Waals surface area contributed by atoms with E-state index in [1.807, 2.05) is 0 Å².